The highest BCUT2D eigenvalue weighted by molar-refractivity contribution is 8.00. The van der Waals surface area contributed by atoms with Crippen molar-refractivity contribution >= 4 is 17.7 Å². The summed E-state index contributed by atoms with van der Waals surface area (Å²) < 4.78 is 0. The molecule has 0 bridgehead atoms. The molecule has 1 heterocycles. The Balaban J connectivity index is 1.76. The lowest BCUT2D eigenvalue weighted by molar-refractivity contribution is -0.120. The van der Waals surface area contributed by atoms with Crippen molar-refractivity contribution < 1.29 is 4.79 Å². The van der Waals surface area contributed by atoms with Gasteiger partial charge in [0, 0.05) is 6.04 Å². The van der Waals surface area contributed by atoms with Gasteiger partial charge in [0.15, 0.2) is 0 Å². The van der Waals surface area contributed by atoms with E-state index >= 15 is 0 Å². The standard InChI is InChI=1S/C9H15NOS/c11-9(10-7-4-5-7)8-3-1-2-6-12-8/h7-8H,1-6H2,(H,10,11). The third kappa shape index (κ3) is 2.16. The number of carbonyl (C=O) groups excluding carboxylic acids is 1. The molecule has 12 heavy (non-hydrogen) atoms. The van der Waals surface area contributed by atoms with Gasteiger partial charge in [0.25, 0.3) is 0 Å². The Bertz CT molecular complexity index is 173. The van der Waals surface area contributed by atoms with Crippen LogP contribution in [0.3, 0.4) is 0 Å². The van der Waals surface area contributed by atoms with E-state index in [4.69, 9.17) is 0 Å². The molecule has 0 aromatic carbocycles. The molecule has 1 atom stereocenters. The van der Waals surface area contributed by atoms with Crippen LogP contribution >= 0.6 is 11.8 Å². The predicted molar refractivity (Wildman–Crippen MR) is 51.3 cm³/mol. The van der Waals surface area contributed by atoms with Gasteiger partial charge in [-0.3, -0.25) is 4.79 Å². The molecule has 2 aliphatic rings. The number of thioether (sulfide) groups is 1. The maximum absolute atomic E-state index is 11.5. The molecule has 2 nitrogen and oxygen atoms in total. The van der Waals surface area contributed by atoms with E-state index in [1.807, 2.05) is 11.8 Å². The number of hydrogen-bond donors (Lipinski definition) is 1. The second-order valence-corrected chi connectivity index (χ2v) is 4.95. The summed E-state index contributed by atoms with van der Waals surface area (Å²) in [4.78, 5) is 11.5. The van der Waals surface area contributed by atoms with E-state index in [0.29, 0.717) is 11.9 Å². The van der Waals surface area contributed by atoms with Crippen LogP contribution < -0.4 is 5.32 Å². The van der Waals surface area contributed by atoms with Gasteiger partial charge >= 0.3 is 0 Å². The van der Waals surface area contributed by atoms with Gasteiger partial charge in [-0.15, -0.1) is 11.8 Å². The van der Waals surface area contributed by atoms with Crippen LogP contribution in [0.4, 0.5) is 0 Å². The first-order valence-electron chi connectivity index (χ1n) is 4.78. The van der Waals surface area contributed by atoms with Crippen molar-refractivity contribution in [1.29, 1.82) is 0 Å². The monoisotopic (exact) mass is 185 g/mol. The molecule has 0 spiro atoms. The minimum atomic E-state index is 0.263. The number of hydrogen-bond acceptors (Lipinski definition) is 2. The highest BCUT2D eigenvalue weighted by Crippen LogP contribution is 2.26. The van der Waals surface area contributed by atoms with Crippen molar-refractivity contribution in [3.05, 3.63) is 0 Å². The van der Waals surface area contributed by atoms with Crippen LogP contribution in [0, 0.1) is 0 Å². The van der Waals surface area contributed by atoms with Crippen molar-refractivity contribution in [2.24, 2.45) is 0 Å². The van der Waals surface area contributed by atoms with Gasteiger partial charge in [0.05, 0.1) is 5.25 Å². The largest absolute Gasteiger partial charge is 0.352 e. The van der Waals surface area contributed by atoms with E-state index < -0.39 is 0 Å². The van der Waals surface area contributed by atoms with Gasteiger partial charge in [-0.05, 0) is 31.4 Å². The zero-order chi connectivity index (χ0) is 8.39. The molecule has 1 amide bonds. The summed E-state index contributed by atoms with van der Waals surface area (Å²) in [7, 11) is 0. The minimum absolute atomic E-state index is 0.263. The van der Waals surface area contributed by atoms with Gasteiger partial charge < -0.3 is 5.32 Å². The highest BCUT2D eigenvalue weighted by atomic mass is 32.2. The Morgan fingerprint density at radius 2 is 2.08 bits per heavy atom. The van der Waals surface area contributed by atoms with Crippen molar-refractivity contribution in [1.82, 2.24) is 5.32 Å². The molecule has 0 aromatic heterocycles. The predicted octanol–water partition coefficient (Wildman–Crippen LogP) is 1.55. The Hall–Kier alpha value is -0.180. The lowest BCUT2D eigenvalue weighted by Crippen LogP contribution is -2.35. The maximum atomic E-state index is 11.5. The van der Waals surface area contributed by atoms with Crippen LogP contribution in [0.2, 0.25) is 0 Å². The minimum Gasteiger partial charge on any atom is -0.352 e. The summed E-state index contributed by atoms with van der Waals surface area (Å²) >= 11 is 1.83. The van der Waals surface area contributed by atoms with Gasteiger partial charge in [-0.1, -0.05) is 6.42 Å². The SMILES string of the molecule is O=C(NC1CC1)C1CCCCS1. The van der Waals surface area contributed by atoms with E-state index in [2.05, 4.69) is 5.32 Å². The summed E-state index contributed by atoms with van der Waals surface area (Å²) in [6.07, 6.45) is 6.00. The molecular weight excluding hydrogens is 170 g/mol. The maximum Gasteiger partial charge on any atom is 0.233 e. The fourth-order valence-electron chi connectivity index (χ4n) is 1.47. The van der Waals surface area contributed by atoms with Crippen molar-refractivity contribution in [3.63, 3.8) is 0 Å². The topological polar surface area (TPSA) is 29.1 Å². The fourth-order valence-corrected chi connectivity index (χ4v) is 2.68. The van der Waals surface area contributed by atoms with E-state index in [9.17, 15) is 4.79 Å². The lowest BCUT2D eigenvalue weighted by Gasteiger charge is -2.20. The van der Waals surface area contributed by atoms with E-state index in [-0.39, 0.29) is 5.25 Å². The molecule has 0 radical (unpaired) electrons. The van der Waals surface area contributed by atoms with Crippen molar-refractivity contribution in [2.75, 3.05) is 5.75 Å². The van der Waals surface area contributed by atoms with Crippen LogP contribution in [0.25, 0.3) is 0 Å². The number of carbonyl (C=O) groups is 1. The zero-order valence-corrected chi connectivity index (χ0v) is 8.03. The molecule has 1 unspecified atom stereocenters. The first-order chi connectivity index (χ1) is 5.86. The number of amides is 1. The van der Waals surface area contributed by atoms with Crippen molar-refractivity contribution in [3.8, 4) is 0 Å². The van der Waals surface area contributed by atoms with Crippen LogP contribution in [0.5, 0.6) is 0 Å². The van der Waals surface area contributed by atoms with Crippen LogP contribution in [0.15, 0.2) is 0 Å². The quantitative estimate of drug-likeness (QED) is 0.707. The molecule has 1 saturated heterocycles. The summed E-state index contributed by atoms with van der Waals surface area (Å²) in [5.41, 5.74) is 0. The summed E-state index contributed by atoms with van der Waals surface area (Å²) in [6.45, 7) is 0. The average Bonchev–Trinajstić information content (AvgIpc) is 2.90. The van der Waals surface area contributed by atoms with Crippen LogP contribution in [-0.2, 0) is 4.79 Å². The number of nitrogens with one attached hydrogen (secondary N) is 1. The van der Waals surface area contributed by atoms with E-state index in [0.717, 1.165) is 6.42 Å². The molecule has 3 heteroatoms. The summed E-state index contributed by atoms with van der Waals surface area (Å²) in [5, 5.41) is 3.33. The Morgan fingerprint density at radius 3 is 2.67 bits per heavy atom. The van der Waals surface area contributed by atoms with E-state index in [1.165, 1.54) is 31.4 Å². The smallest absolute Gasteiger partial charge is 0.233 e. The third-order valence-electron chi connectivity index (χ3n) is 2.40. The fraction of sp³-hybridized carbons (Fsp3) is 0.889. The Kier molecular flexibility index (Phi) is 2.59. The van der Waals surface area contributed by atoms with Gasteiger partial charge in [0.1, 0.15) is 0 Å². The summed E-state index contributed by atoms with van der Waals surface area (Å²) in [5.74, 6) is 1.46. The van der Waals surface area contributed by atoms with Gasteiger partial charge in [-0.25, -0.2) is 0 Å². The second-order valence-electron chi connectivity index (χ2n) is 3.64. The average molecular weight is 185 g/mol. The molecule has 68 valence electrons. The first kappa shape index (κ1) is 8.42. The second kappa shape index (κ2) is 3.69. The molecule has 2 fully saturated rings. The molecular formula is C9H15NOS. The van der Waals surface area contributed by atoms with E-state index in [1.54, 1.807) is 0 Å². The third-order valence-corrected chi connectivity index (χ3v) is 3.77. The Morgan fingerprint density at radius 1 is 1.25 bits per heavy atom. The first-order valence-corrected chi connectivity index (χ1v) is 5.83. The van der Waals surface area contributed by atoms with Gasteiger partial charge in [0.2, 0.25) is 5.91 Å². The van der Waals surface area contributed by atoms with Gasteiger partial charge in [-0.2, -0.15) is 0 Å². The number of rotatable bonds is 2. The molecule has 1 aliphatic heterocycles. The molecule has 1 N–H and O–H groups in total. The normalized spacial score (nSPS) is 29.8. The summed E-state index contributed by atoms with van der Waals surface area (Å²) in [6, 6.07) is 0.528. The molecule has 1 aliphatic carbocycles. The molecule has 2 rings (SSSR count). The Labute approximate surface area is 77.5 Å². The molecule has 0 aromatic rings. The zero-order valence-electron chi connectivity index (χ0n) is 7.21. The highest BCUT2D eigenvalue weighted by Gasteiger charge is 2.28. The molecule has 1 saturated carbocycles. The van der Waals surface area contributed by atoms with Crippen molar-refractivity contribution in [2.45, 2.75) is 43.4 Å². The lowest BCUT2D eigenvalue weighted by atomic mass is 10.2. The van der Waals surface area contributed by atoms with Crippen LogP contribution in [0.1, 0.15) is 32.1 Å². The van der Waals surface area contributed by atoms with Crippen LogP contribution in [-0.4, -0.2) is 23.0 Å².